The molecule has 0 unspecified atom stereocenters. The highest BCUT2D eigenvalue weighted by Crippen LogP contribution is 2.29. The van der Waals surface area contributed by atoms with Gasteiger partial charge in [0.25, 0.3) is 0 Å². The summed E-state index contributed by atoms with van der Waals surface area (Å²) in [6.07, 6.45) is -0.0398. The highest BCUT2D eigenvalue weighted by molar-refractivity contribution is 5.75. The average molecular weight is 270 g/mol. The lowest BCUT2D eigenvalue weighted by molar-refractivity contribution is -0.136. The van der Waals surface area contributed by atoms with Crippen molar-refractivity contribution in [3.8, 4) is 16.9 Å². The maximum atomic E-state index is 11.0. The third-order valence-corrected chi connectivity index (χ3v) is 3.33. The quantitative estimate of drug-likeness (QED) is 0.923. The number of rotatable bonds is 4. The van der Waals surface area contributed by atoms with Crippen molar-refractivity contribution in [1.82, 2.24) is 0 Å². The van der Waals surface area contributed by atoms with Crippen LogP contribution in [0, 0.1) is 13.8 Å². The third-order valence-electron chi connectivity index (χ3n) is 3.33. The number of carboxylic acids is 1. The van der Waals surface area contributed by atoms with Crippen LogP contribution >= 0.6 is 0 Å². The van der Waals surface area contributed by atoms with Gasteiger partial charge in [0.2, 0.25) is 0 Å². The van der Waals surface area contributed by atoms with E-state index in [1.807, 2.05) is 25.1 Å². The second-order valence-corrected chi connectivity index (χ2v) is 4.92. The summed E-state index contributed by atoms with van der Waals surface area (Å²) in [6.45, 7) is 4.10. The van der Waals surface area contributed by atoms with E-state index in [9.17, 15) is 4.79 Å². The van der Waals surface area contributed by atoms with Crippen LogP contribution in [0.3, 0.4) is 0 Å². The van der Waals surface area contributed by atoms with Crippen molar-refractivity contribution in [3.05, 3.63) is 53.1 Å². The van der Waals surface area contributed by atoms with Gasteiger partial charge in [0.1, 0.15) is 5.75 Å². The van der Waals surface area contributed by atoms with Gasteiger partial charge >= 0.3 is 5.97 Å². The van der Waals surface area contributed by atoms with Crippen molar-refractivity contribution in [1.29, 1.82) is 0 Å². The monoisotopic (exact) mass is 270 g/mol. The first-order chi connectivity index (χ1) is 9.51. The summed E-state index contributed by atoms with van der Waals surface area (Å²) in [5, 5.41) is 8.99. The summed E-state index contributed by atoms with van der Waals surface area (Å²) in [6, 6.07) is 11.9. The van der Waals surface area contributed by atoms with Crippen LogP contribution in [0.5, 0.6) is 5.75 Å². The lowest BCUT2D eigenvalue weighted by atomic mass is 9.96. The van der Waals surface area contributed by atoms with E-state index in [4.69, 9.17) is 9.84 Å². The molecule has 1 N–H and O–H groups in total. The summed E-state index contributed by atoms with van der Waals surface area (Å²) in [7, 11) is 1.55. The van der Waals surface area contributed by atoms with E-state index in [1.54, 1.807) is 7.11 Å². The zero-order valence-corrected chi connectivity index (χ0v) is 11.9. The smallest absolute Gasteiger partial charge is 0.307 e. The standard InChI is InChI=1S/C17H18O3/c1-11-4-5-12(2)15(8-11)13-6-7-16(20-3)14(9-13)10-17(18)19/h4-9H,10H2,1-3H3,(H,18,19). The highest BCUT2D eigenvalue weighted by atomic mass is 16.5. The maximum absolute atomic E-state index is 11.0. The summed E-state index contributed by atoms with van der Waals surface area (Å²) in [4.78, 5) is 11.0. The molecule has 0 radical (unpaired) electrons. The van der Waals surface area contributed by atoms with Crippen LogP contribution < -0.4 is 4.74 Å². The Labute approximate surface area is 118 Å². The number of hydrogen-bond donors (Lipinski definition) is 1. The van der Waals surface area contributed by atoms with Gasteiger partial charge in [0.15, 0.2) is 0 Å². The molecule has 0 saturated heterocycles. The minimum absolute atomic E-state index is 0.0398. The number of aryl methyl sites for hydroxylation is 2. The summed E-state index contributed by atoms with van der Waals surface area (Å²) < 4.78 is 5.23. The zero-order chi connectivity index (χ0) is 14.7. The summed E-state index contributed by atoms with van der Waals surface area (Å²) >= 11 is 0. The van der Waals surface area contributed by atoms with Crippen molar-refractivity contribution in [3.63, 3.8) is 0 Å². The van der Waals surface area contributed by atoms with E-state index < -0.39 is 5.97 Å². The van der Waals surface area contributed by atoms with E-state index in [2.05, 4.69) is 25.1 Å². The van der Waals surface area contributed by atoms with Crippen LogP contribution in [-0.2, 0) is 11.2 Å². The lowest BCUT2D eigenvalue weighted by Gasteiger charge is -2.12. The molecule has 20 heavy (non-hydrogen) atoms. The molecule has 2 aromatic rings. The molecule has 0 amide bonds. The second kappa shape index (κ2) is 5.78. The molecule has 0 fully saturated rings. The fourth-order valence-corrected chi connectivity index (χ4v) is 2.29. The molecule has 3 heteroatoms. The van der Waals surface area contributed by atoms with Gasteiger partial charge in [-0.1, -0.05) is 29.8 Å². The number of hydrogen-bond acceptors (Lipinski definition) is 2. The predicted octanol–water partition coefficient (Wildman–Crippen LogP) is 3.61. The zero-order valence-electron chi connectivity index (χ0n) is 11.9. The van der Waals surface area contributed by atoms with Gasteiger partial charge in [-0.15, -0.1) is 0 Å². The largest absolute Gasteiger partial charge is 0.496 e. The molecule has 2 aromatic carbocycles. The van der Waals surface area contributed by atoms with Crippen molar-refractivity contribution in [2.24, 2.45) is 0 Å². The predicted molar refractivity (Wildman–Crippen MR) is 79.2 cm³/mol. The Morgan fingerprint density at radius 1 is 1.15 bits per heavy atom. The fourth-order valence-electron chi connectivity index (χ4n) is 2.29. The molecule has 2 rings (SSSR count). The minimum atomic E-state index is -0.860. The topological polar surface area (TPSA) is 46.5 Å². The molecule has 3 nitrogen and oxygen atoms in total. The molecule has 0 bridgehead atoms. The molecule has 0 spiro atoms. The van der Waals surface area contributed by atoms with E-state index in [1.165, 1.54) is 11.1 Å². The minimum Gasteiger partial charge on any atom is -0.496 e. The Hall–Kier alpha value is -2.29. The number of aliphatic carboxylic acids is 1. The SMILES string of the molecule is COc1ccc(-c2cc(C)ccc2C)cc1CC(=O)O. The number of carbonyl (C=O) groups is 1. The number of ether oxygens (including phenoxy) is 1. The molecule has 0 atom stereocenters. The highest BCUT2D eigenvalue weighted by Gasteiger charge is 2.10. The van der Waals surface area contributed by atoms with Gasteiger partial charge in [0, 0.05) is 5.56 Å². The fraction of sp³-hybridized carbons (Fsp3) is 0.235. The van der Waals surface area contributed by atoms with Crippen LogP contribution in [0.4, 0.5) is 0 Å². The van der Waals surface area contributed by atoms with Crippen molar-refractivity contribution >= 4 is 5.97 Å². The van der Waals surface area contributed by atoms with Gasteiger partial charge in [-0.05, 0) is 42.7 Å². The Balaban J connectivity index is 2.52. The normalized spacial score (nSPS) is 10.3. The maximum Gasteiger partial charge on any atom is 0.307 e. The second-order valence-electron chi connectivity index (χ2n) is 4.92. The molecule has 0 aliphatic carbocycles. The van der Waals surface area contributed by atoms with E-state index in [0.29, 0.717) is 11.3 Å². The molecule has 104 valence electrons. The van der Waals surface area contributed by atoms with Crippen LogP contribution in [-0.4, -0.2) is 18.2 Å². The Kier molecular flexibility index (Phi) is 4.08. The van der Waals surface area contributed by atoms with Crippen molar-refractivity contribution < 1.29 is 14.6 Å². The summed E-state index contributed by atoms with van der Waals surface area (Å²) in [5.41, 5.74) is 5.18. The van der Waals surface area contributed by atoms with Crippen LogP contribution in [0.25, 0.3) is 11.1 Å². The molecule has 0 saturated carbocycles. The molecular weight excluding hydrogens is 252 g/mol. The number of carboxylic acid groups (broad SMARTS) is 1. The Morgan fingerprint density at radius 3 is 2.55 bits per heavy atom. The number of benzene rings is 2. The van der Waals surface area contributed by atoms with Gasteiger partial charge in [-0.25, -0.2) is 0 Å². The van der Waals surface area contributed by atoms with Crippen LogP contribution in [0.1, 0.15) is 16.7 Å². The Bertz CT molecular complexity index is 645. The van der Waals surface area contributed by atoms with Gasteiger partial charge in [-0.3, -0.25) is 4.79 Å². The molecule has 0 aromatic heterocycles. The van der Waals surface area contributed by atoms with Gasteiger partial charge in [0.05, 0.1) is 13.5 Å². The Morgan fingerprint density at radius 2 is 1.90 bits per heavy atom. The van der Waals surface area contributed by atoms with E-state index in [0.717, 1.165) is 11.1 Å². The van der Waals surface area contributed by atoms with Gasteiger partial charge < -0.3 is 9.84 Å². The van der Waals surface area contributed by atoms with E-state index in [-0.39, 0.29) is 6.42 Å². The summed E-state index contributed by atoms with van der Waals surface area (Å²) in [5.74, 6) is -0.247. The van der Waals surface area contributed by atoms with Crippen molar-refractivity contribution in [2.45, 2.75) is 20.3 Å². The molecule has 0 aliphatic rings. The lowest BCUT2D eigenvalue weighted by Crippen LogP contribution is -2.02. The average Bonchev–Trinajstić information content (AvgIpc) is 2.41. The van der Waals surface area contributed by atoms with Gasteiger partial charge in [-0.2, -0.15) is 0 Å². The third kappa shape index (κ3) is 2.99. The molecular formula is C17H18O3. The van der Waals surface area contributed by atoms with Crippen molar-refractivity contribution in [2.75, 3.05) is 7.11 Å². The van der Waals surface area contributed by atoms with Crippen LogP contribution in [0.2, 0.25) is 0 Å². The first kappa shape index (κ1) is 14.1. The molecule has 0 heterocycles. The molecule has 0 aliphatic heterocycles. The van der Waals surface area contributed by atoms with E-state index >= 15 is 0 Å². The van der Waals surface area contributed by atoms with Crippen LogP contribution in [0.15, 0.2) is 36.4 Å². The first-order valence-electron chi connectivity index (χ1n) is 6.47. The number of methoxy groups -OCH3 is 1. The first-order valence-corrected chi connectivity index (χ1v) is 6.47.